The van der Waals surface area contributed by atoms with Gasteiger partial charge in [-0.2, -0.15) is 0 Å². The summed E-state index contributed by atoms with van der Waals surface area (Å²) in [6.07, 6.45) is 2.39. The number of pyridine rings is 1. The number of aryl methyl sites for hydroxylation is 2. The van der Waals surface area contributed by atoms with Crippen molar-refractivity contribution in [1.82, 2.24) is 15.2 Å². The molecule has 7 nitrogen and oxygen atoms in total. The summed E-state index contributed by atoms with van der Waals surface area (Å²) in [4.78, 5) is 30.2. The van der Waals surface area contributed by atoms with Gasteiger partial charge < -0.3 is 20.1 Å². The molecule has 3 heterocycles. The van der Waals surface area contributed by atoms with E-state index in [-0.39, 0.29) is 23.6 Å². The van der Waals surface area contributed by atoms with E-state index in [9.17, 15) is 19.1 Å². The minimum Gasteiger partial charge on any atom is -0.459 e. The Balaban J connectivity index is 1.85. The van der Waals surface area contributed by atoms with Crippen molar-refractivity contribution in [2.45, 2.75) is 52.3 Å². The number of aliphatic hydroxyl groups excluding tert-OH is 1. The number of aromatic nitrogens is 1. The number of aliphatic hydroxyl groups is 1. The molecule has 1 aromatic heterocycles. The first kappa shape index (κ1) is 24.0. The molecule has 0 radical (unpaired) electrons. The van der Waals surface area contributed by atoms with Gasteiger partial charge in [0.05, 0.1) is 16.9 Å². The predicted molar refractivity (Wildman–Crippen MR) is 127 cm³/mol. The number of halogens is 1. The molecule has 34 heavy (non-hydrogen) atoms. The monoisotopic (exact) mass is 467 g/mol. The number of nitrogens with one attached hydrogen (secondary N) is 1. The highest BCUT2D eigenvalue weighted by atomic mass is 19.1. The van der Waals surface area contributed by atoms with E-state index >= 15 is 0 Å². The van der Waals surface area contributed by atoms with Gasteiger partial charge in [0.1, 0.15) is 18.7 Å². The third-order valence-electron chi connectivity index (χ3n) is 6.38. The van der Waals surface area contributed by atoms with E-state index in [4.69, 9.17) is 9.72 Å². The van der Waals surface area contributed by atoms with Gasteiger partial charge in [0, 0.05) is 47.8 Å². The summed E-state index contributed by atoms with van der Waals surface area (Å²) in [6, 6.07) is 3.71. The lowest BCUT2D eigenvalue weighted by molar-refractivity contribution is -0.151. The molecule has 2 aromatic rings. The Morgan fingerprint density at radius 2 is 2.15 bits per heavy atom. The zero-order chi connectivity index (χ0) is 24.6. The van der Waals surface area contributed by atoms with E-state index in [2.05, 4.69) is 19.2 Å². The highest BCUT2D eigenvalue weighted by Gasteiger charge is 2.32. The maximum absolute atomic E-state index is 14.5. The van der Waals surface area contributed by atoms with Gasteiger partial charge in [0.2, 0.25) is 0 Å². The number of fused-ring (bicyclic) bond motifs is 2. The van der Waals surface area contributed by atoms with Crippen molar-refractivity contribution in [3.63, 3.8) is 0 Å². The van der Waals surface area contributed by atoms with E-state index < -0.39 is 12.1 Å². The third-order valence-corrected chi connectivity index (χ3v) is 6.38. The fourth-order valence-electron chi connectivity index (χ4n) is 4.54. The highest BCUT2D eigenvalue weighted by molar-refractivity contribution is 5.91. The molecule has 0 saturated heterocycles. The molecular formula is C26H30FN3O4. The van der Waals surface area contributed by atoms with Crippen molar-refractivity contribution < 1.29 is 23.8 Å². The van der Waals surface area contributed by atoms with Crippen LogP contribution in [0.2, 0.25) is 0 Å². The van der Waals surface area contributed by atoms with Crippen LogP contribution in [0.1, 0.15) is 42.7 Å². The zero-order valence-electron chi connectivity index (χ0n) is 19.9. The van der Waals surface area contributed by atoms with Crippen LogP contribution in [0.15, 0.2) is 29.4 Å². The second-order valence-corrected chi connectivity index (χ2v) is 9.24. The largest absolute Gasteiger partial charge is 0.459 e. The molecule has 0 aliphatic carbocycles. The molecule has 0 spiro atoms. The van der Waals surface area contributed by atoms with Crippen molar-refractivity contribution in [1.29, 1.82) is 0 Å². The first-order valence-corrected chi connectivity index (χ1v) is 11.5. The molecule has 0 amide bonds. The van der Waals surface area contributed by atoms with Gasteiger partial charge in [-0.1, -0.05) is 13.8 Å². The van der Waals surface area contributed by atoms with Crippen molar-refractivity contribution in [2.75, 3.05) is 20.2 Å². The Labute approximate surface area is 198 Å². The number of rotatable bonds is 7. The molecule has 0 fully saturated rings. The summed E-state index contributed by atoms with van der Waals surface area (Å²) < 4.78 is 19.3. The van der Waals surface area contributed by atoms with Crippen LogP contribution in [0.25, 0.3) is 16.6 Å². The van der Waals surface area contributed by atoms with Crippen LogP contribution in [-0.4, -0.2) is 59.6 Å². The van der Waals surface area contributed by atoms with Crippen LogP contribution in [0.4, 0.5) is 4.39 Å². The number of cyclic esters (lactones) is 1. The molecule has 8 heteroatoms. The van der Waals surface area contributed by atoms with Crippen molar-refractivity contribution in [3.05, 3.63) is 57.6 Å². The molecule has 2 aliphatic heterocycles. The number of ether oxygens (including phenoxy) is 1. The Bertz CT molecular complexity index is 1220. The van der Waals surface area contributed by atoms with Crippen LogP contribution in [0, 0.1) is 12.7 Å². The minimum absolute atomic E-state index is 0.182. The minimum atomic E-state index is -1.54. The van der Waals surface area contributed by atoms with Gasteiger partial charge >= 0.3 is 5.97 Å². The van der Waals surface area contributed by atoms with Gasteiger partial charge in [-0.05, 0) is 49.6 Å². The number of benzene rings is 1. The predicted octanol–water partition coefficient (Wildman–Crippen LogP) is 2.81. The number of nitrogens with zero attached hydrogens (tertiary/aromatic N) is 2. The van der Waals surface area contributed by atoms with Crippen molar-refractivity contribution in [3.8, 4) is 0 Å². The maximum atomic E-state index is 14.5. The lowest BCUT2D eigenvalue weighted by atomic mass is 9.95. The molecule has 2 N–H and O–H groups in total. The molecule has 1 atom stereocenters. The number of carbonyl (C=O) groups is 2. The number of carbonyl (C=O) groups excluding carboxylic acids is 2. The first-order chi connectivity index (χ1) is 16.2. The Hall–Kier alpha value is -3.10. The number of esters is 1. The second kappa shape index (κ2) is 9.64. The van der Waals surface area contributed by atoms with Gasteiger partial charge in [-0.15, -0.1) is 0 Å². The molecule has 180 valence electrons. The second-order valence-electron chi connectivity index (χ2n) is 9.24. The molecule has 0 bridgehead atoms. The van der Waals surface area contributed by atoms with Crippen LogP contribution in [0.5, 0.6) is 0 Å². The summed E-state index contributed by atoms with van der Waals surface area (Å²) in [7, 11) is 1.89. The molecule has 1 unspecified atom stereocenters. The van der Waals surface area contributed by atoms with E-state index in [1.165, 1.54) is 6.07 Å². The maximum Gasteiger partial charge on any atom is 0.340 e. The average Bonchev–Trinajstić information content (AvgIpc) is 3.09. The van der Waals surface area contributed by atoms with Gasteiger partial charge in [-0.25, -0.2) is 14.2 Å². The topological polar surface area (TPSA) is 91.8 Å². The summed E-state index contributed by atoms with van der Waals surface area (Å²) in [5.41, 5.74) is 5.06. The SMILES string of the molecule is Cc1cc2c(CCCNC(C)C)c3c(nc2cc1F)/C(=C/C1=C(C=O)COC(=O)C1O)N(C)C3. The van der Waals surface area contributed by atoms with E-state index in [0.29, 0.717) is 41.3 Å². The Morgan fingerprint density at radius 3 is 2.85 bits per heavy atom. The highest BCUT2D eigenvalue weighted by Crippen LogP contribution is 2.38. The molecule has 1 aromatic carbocycles. The molecule has 4 rings (SSSR count). The van der Waals surface area contributed by atoms with Crippen LogP contribution in [0.3, 0.4) is 0 Å². The normalized spacial score (nSPS) is 19.4. The average molecular weight is 468 g/mol. The smallest absolute Gasteiger partial charge is 0.340 e. The lowest BCUT2D eigenvalue weighted by Gasteiger charge is -2.21. The fourth-order valence-corrected chi connectivity index (χ4v) is 4.54. The summed E-state index contributed by atoms with van der Waals surface area (Å²) in [5, 5.41) is 14.8. The number of aldehydes is 1. The summed E-state index contributed by atoms with van der Waals surface area (Å²) in [5.74, 6) is -1.11. The first-order valence-electron chi connectivity index (χ1n) is 11.5. The lowest BCUT2D eigenvalue weighted by Crippen LogP contribution is -2.32. The Morgan fingerprint density at radius 1 is 1.38 bits per heavy atom. The summed E-state index contributed by atoms with van der Waals surface area (Å²) >= 11 is 0. The fraction of sp³-hybridized carbons (Fsp3) is 0.423. The molecule has 2 aliphatic rings. The van der Waals surface area contributed by atoms with Gasteiger partial charge in [0.15, 0.2) is 6.10 Å². The van der Waals surface area contributed by atoms with Crippen molar-refractivity contribution in [2.24, 2.45) is 0 Å². The van der Waals surface area contributed by atoms with E-state index in [1.54, 1.807) is 13.0 Å². The molecule has 0 saturated carbocycles. The van der Waals surface area contributed by atoms with E-state index in [1.807, 2.05) is 18.0 Å². The van der Waals surface area contributed by atoms with Gasteiger partial charge in [-0.3, -0.25) is 4.79 Å². The molecular weight excluding hydrogens is 437 g/mol. The quantitative estimate of drug-likeness (QED) is 0.368. The summed E-state index contributed by atoms with van der Waals surface area (Å²) in [6.45, 7) is 7.22. The van der Waals surface area contributed by atoms with Crippen LogP contribution in [-0.2, 0) is 27.3 Å². The Kier molecular flexibility index (Phi) is 6.81. The van der Waals surface area contributed by atoms with E-state index in [0.717, 1.165) is 35.9 Å². The zero-order valence-corrected chi connectivity index (χ0v) is 19.9. The standard InChI is InChI=1S/C26H30FN3O4/c1-14(2)28-7-5-6-17-19-8-15(3)21(27)10-22(19)29-24-20(17)11-30(4)23(24)9-18-16(12-31)13-34-26(33)25(18)32/h8-10,12,14,25,28,32H,5-7,11,13H2,1-4H3/b23-9-. The van der Waals surface area contributed by atoms with Crippen molar-refractivity contribution >= 4 is 28.9 Å². The van der Waals surface area contributed by atoms with Crippen LogP contribution < -0.4 is 5.32 Å². The number of hydrogen-bond acceptors (Lipinski definition) is 7. The van der Waals surface area contributed by atoms with Crippen LogP contribution >= 0.6 is 0 Å². The van der Waals surface area contributed by atoms with Gasteiger partial charge in [0.25, 0.3) is 0 Å². The third kappa shape index (κ3) is 4.48. The number of hydrogen-bond donors (Lipinski definition) is 2.